The number of anilines is 2. The maximum atomic E-state index is 13.5. The summed E-state index contributed by atoms with van der Waals surface area (Å²) >= 11 is 4.92. The Morgan fingerprint density at radius 1 is 1.02 bits per heavy atom. The summed E-state index contributed by atoms with van der Waals surface area (Å²) in [5.41, 5.74) is 2.47. The topological polar surface area (TPSA) is 116 Å². The summed E-state index contributed by atoms with van der Waals surface area (Å²) in [7, 11) is -3.37. The second-order valence-corrected chi connectivity index (χ2v) is 14.2. The number of benzene rings is 2. The number of aromatic nitrogens is 4. The number of halogens is 2. The molecule has 5 aromatic rings. The lowest BCUT2D eigenvalue weighted by Crippen LogP contribution is -2.28. The van der Waals surface area contributed by atoms with Gasteiger partial charge in [-0.05, 0) is 78.7 Å². The van der Waals surface area contributed by atoms with Crippen LogP contribution < -0.4 is 10.1 Å². The van der Waals surface area contributed by atoms with Crippen LogP contribution in [0.5, 0.6) is 5.75 Å². The lowest BCUT2D eigenvalue weighted by Gasteiger charge is -2.15. The van der Waals surface area contributed by atoms with Crippen molar-refractivity contribution < 1.29 is 22.3 Å². The molecule has 0 amide bonds. The fourth-order valence-electron chi connectivity index (χ4n) is 3.98. The van der Waals surface area contributed by atoms with Gasteiger partial charge in [0.1, 0.15) is 41.9 Å². The molecular weight excluding hydrogens is 645 g/mol. The Morgan fingerprint density at radius 3 is 2.62 bits per heavy atom. The number of pyridine rings is 1. The molecular formula is C29H27BrFN5O4S2. The fourth-order valence-corrected chi connectivity index (χ4v) is 6.21. The zero-order valence-corrected chi connectivity index (χ0v) is 26.1. The third kappa shape index (κ3) is 6.92. The van der Waals surface area contributed by atoms with Crippen LogP contribution in [0.25, 0.3) is 22.3 Å². The van der Waals surface area contributed by atoms with E-state index in [4.69, 9.17) is 9.47 Å². The van der Waals surface area contributed by atoms with Crippen LogP contribution in [0.1, 0.15) is 31.3 Å². The van der Waals surface area contributed by atoms with Gasteiger partial charge in [0.15, 0.2) is 15.3 Å². The first-order valence-electron chi connectivity index (χ1n) is 12.9. The molecule has 0 radical (unpaired) electrons. The van der Waals surface area contributed by atoms with Crippen LogP contribution >= 0.6 is 27.3 Å². The van der Waals surface area contributed by atoms with Crippen molar-refractivity contribution in [3.63, 3.8) is 0 Å². The van der Waals surface area contributed by atoms with Gasteiger partial charge in [0.05, 0.1) is 32.8 Å². The first kappa shape index (κ1) is 30.0. The highest BCUT2D eigenvalue weighted by Crippen LogP contribution is 2.32. The number of sulfone groups is 1. The summed E-state index contributed by atoms with van der Waals surface area (Å²) in [6, 6.07) is 13.7. The van der Waals surface area contributed by atoms with Crippen molar-refractivity contribution in [3.05, 3.63) is 87.3 Å². The molecule has 9 nitrogen and oxygen atoms in total. The van der Waals surface area contributed by atoms with E-state index >= 15 is 0 Å². The van der Waals surface area contributed by atoms with E-state index in [1.165, 1.54) is 36.7 Å². The normalized spacial score (nSPS) is 12.5. The Balaban J connectivity index is 1.31. The number of nitrogens with zero attached hydrogens (tertiary/aromatic N) is 4. The summed E-state index contributed by atoms with van der Waals surface area (Å²) in [5.74, 6) is 0.887. The van der Waals surface area contributed by atoms with Gasteiger partial charge in [-0.25, -0.2) is 27.8 Å². The van der Waals surface area contributed by atoms with Crippen molar-refractivity contribution >= 4 is 59.5 Å². The third-order valence-electron chi connectivity index (χ3n) is 6.38. The van der Waals surface area contributed by atoms with Crippen LogP contribution in [0.3, 0.4) is 0 Å². The molecule has 0 fully saturated rings. The molecule has 1 N–H and O–H groups in total. The number of nitrogens with one attached hydrogen (secondary N) is 1. The number of fused-ring (bicyclic) bond motifs is 1. The molecule has 0 saturated heterocycles. The van der Waals surface area contributed by atoms with Crippen LogP contribution in [-0.2, 0) is 27.8 Å². The van der Waals surface area contributed by atoms with E-state index in [-0.39, 0.29) is 19.0 Å². The summed E-state index contributed by atoms with van der Waals surface area (Å²) in [6.45, 7) is 5.12. The first-order chi connectivity index (χ1) is 20.1. The minimum absolute atomic E-state index is 0.0815. The molecule has 0 aliphatic rings. The SMILES string of the molecule is CC(C)S(=O)(=O)C(C)OCc1nc(-c2cc3c(Nc4ccc(OCc5cccc(F)c5)c(Br)c4)ncnc3cn2)cs1. The molecule has 1 unspecified atom stereocenters. The molecule has 3 heterocycles. The molecule has 0 spiro atoms. The molecule has 0 bridgehead atoms. The molecule has 3 aromatic heterocycles. The molecule has 0 saturated carbocycles. The number of rotatable bonds is 11. The Hall–Kier alpha value is -3.52. The minimum Gasteiger partial charge on any atom is -0.488 e. The molecule has 42 heavy (non-hydrogen) atoms. The van der Waals surface area contributed by atoms with Crippen LogP contribution in [0.2, 0.25) is 0 Å². The van der Waals surface area contributed by atoms with Crippen molar-refractivity contribution in [2.24, 2.45) is 0 Å². The van der Waals surface area contributed by atoms with Crippen LogP contribution in [0.4, 0.5) is 15.9 Å². The summed E-state index contributed by atoms with van der Waals surface area (Å²) < 4.78 is 50.3. The Bertz CT molecular complexity index is 1830. The van der Waals surface area contributed by atoms with E-state index in [1.54, 1.807) is 32.2 Å². The lowest BCUT2D eigenvalue weighted by atomic mass is 10.2. The Kier molecular flexibility index (Phi) is 9.11. The van der Waals surface area contributed by atoms with Crippen LogP contribution in [0.15, 0.2) is 70.9 Å². The molecule has 0 aliphatic heterocycles. The van der Waals surface area contributed by atoms with E-state index in [0.717, 1.165) is 21.1 Å². The van der Waals surface area contributed by atoms with Gasteiger partial charge in [-0.15, -0.1) is 11.3 Å². The number of ether oxygens (including phenoxy) is 2. The first-order valence-corrected chi connectivity index (χ1v) is 16.2. The summed E-state index contributed by atoms with van der Waals surface area (Å²) in [5, 5.41) is 6.04. The number of hydrogen-bond donors (Lipinski definition) is 1. The van der Waals surface area contributed by atoms with Crippen molar-refractivity contribution in [2.75, 3.05) is 5.32 Å². The number of thiazole rings is 1. The lowest BCUT2D eigenvalue weighted by molar-refractivity contribution is 0.103. The monoisotopic (exact) mass is 671 g/mol. The zero-order valence-electron chi connectivity index (χ0n) is 22.9. The van der Waals surface area contributed by atoms with E-state index in [9.17, 15) is 12.8 Å². The predicted molar refractivity (Wildman–Crippen MR) is 165 cm³/mol. The van der Waals surface area contributed by atoms with Crippen LogP contribution in [-0.4, -0.2) is 39.0 Å². The Morgan fingerprint density at radius 2 is 1.86 bits per heavy atom. The van der Waals surface area contributed by atoms with Crippen molar-refractivity contribution in [3.8, 4) is 17.1 Å². The molecule has 2 aromatic carbocycles. The standard InChI is InChI=1S/C29H27BrFN5O4S2/c1-17(2)42(37,38)18(3)39-14-28-36-26(15-41-28)24-11-22-25(12-32-24)33-16-34-29(22)35-21-7-8-27(23(30)10-21)40-13-19-5-4-6-20(31)9-19/h4-12,15-18H,13-14H2,1-3H3,(H,33,34,35). The largest absolute Gasteiger partial charge is 0.488 e. The van der Waals surface area contributed by atoms with Crippen molar-refractivity contribution in [1.82, 2.24) is 19.9 Å². The molecule has 218 valence electrons. The predicted octanol–water partition coefficient (Wildman–Crippen LogP) is 7.06. The summed E-state index contributed by atoms with van der Waals surface area (Å²) in [6.07, 6.45) is 3.12. The molecule has 5 rings (SSSR count). The second kappa shape index (κ2) is 12.8. The third-order valence-corrected chi connectivity index (χ3v) is 10.2. The minimum atomic E-state index is -3.37. The van der Waals surface area contributed by atoms with Gasteiger partial charge in [-0.1, -0.05) is 12.1 Å². The zero-order chi connectivity index (χ0) is 29.9. The average molecular weight is 673 g/mol. The average Bonchev–Trinajstić information content (AvgIpc) is 3.44. The van der Waals surface area contributed by atoms with Crippen molar-refractivity contribution in [1.29, 1.82) is 0 Å². The van der Waals surface area contributed by atoms with Gasteiger partial charge in [-0.3, -0.25) is 4.98 Å². The maximum Gasteiger partial charge on any atom is 0.179 e. The highest BCUT2D eigenvalue weighted by Gasteiger charge is 2.25. The smallest absolute Gasteiger partial charge is 0.179 e. The van der Waals surface area contributed by atoms with Gasteiger partial charge in [0.25, 0.3) is 0 Å². The van der Waals surface area contributed by atoms with Gasteiger partial charge >= 0.3 is 0 Å². The van der Waals surface area contributed by atoms with Gasteiger partial charge in [-0.2, -0.15) is 0 Å². The van der Waals surface area contributed by atoms with Crippen molar-refractivity contribution in [2.45, 2.75) is 44.7 Å². The van der Waals surface area contributed by atoms with Gasteiger partial charge in [0, 0.05) is 16.5 Å². The van der Waals surface area contributed by atoms with E-state index < -0.39 is 20.5 Å². The highest BCUT2D eigenvalue weighted by molar-refractivity contribution is 9.10. The van der Waals surface area contributed by atoms with E-state index in [0.29, 0.717) is 33.5 Å². The van der Waals surface area contributed by atoms with Gasteiger partial charge in [0.2, 0.25) is 0 Å². The molecule has 0 aliphatic carbocycles. The quantitative estimate of drug-likeness (QED) is 0.157. The molecule has 1 atom stereocenters. The van der Waals surface area contributed by atoms with E-state index in [2.05, 4.69) is 41.2 Å². The summed E-state index contributed by atoms with van der Waals surface area (Å²) in [4.78, 5) is 17.9. The van der Waals surface area contributed by atoms with Crippen LogP contribution in [0, 0.1) is 5.82 Å². The number of hydrogen-bond acceptors (Lipinski definition) is 10. The second-order valence-electron chi connectivity index (χ2n) is 9.64. The fraction of sp³-hybridized carbons (Fsp3) is 0.241. The highest BCUT2D eigenvalue weighted by atomic mass is 79.9. The molecule has 13 heteroatoms. The van der Waals surface area contributed by atoms with Gasteiger partial charge < -0.3 is 14.8 Å². The maximum absolute atomic E-state index is 13.5. The Labute approximate surface area is 255 Å². The van der Waals surface area contributed by atoms with E-state index in [1.807, 2.05) is 29.6 Å².